The van der Waals surface area contributed by atoms with Crippen LogP contribution in [0.15, 0.2) is 0 Å². The second kappa shape index (κ2) is 3.56. The molecule has 13 heavy (non-hydrogen) atoms. The maximum Gasteiger partial charge on any atom is 0.117 e. The summed E-state index contributed by atoms with van der Waals surface area (Å²) in [7, 11) is 4.01. The molecule has 0 atom stereocenters. The normalized spacial score (nSPS) is 30.0. The lowest BCUT2D eigenvalue weighted by atomic mass is 9.79. The molecular formula is C10H19NO2. The molecule has 2 aliphatic rings. The van der Waals surface area contributed by atoms with Crippen molar-refractivity contribution in [3.63, 3.8) is 0 Å². The third kappa shape index (κ3) is 1.60. The molecule has 76 valence electrons. The minimum atomic E-state index is 0.0707. The van der Waals surface area contributed by atoms with Crippen LogP contribution in [0.25, 0.3) is 0 Å². The number of methoxy groups -OCH3 is 1. The monoisotopic (exact) mass is 185 g/mol. The second-order valence-electron chi connectivity index (χ2n) is 4.34. The first-order chi connectivity index (χ1) is 6.27. The highest BCUT2D eigenvalue weighted by Crippen LogP contribution is 2.36. The summed E-state index contributed by atoms with van der Waals surface area (Å²) >= 11 is 0. The van der Waals surface area contributed by atoms with Gasteiger partial charge in [-0.15, -0.1) is 0 Å². The van der Waals surface area contributed by atoms with Gasteiger partial charge in [0, 0.05) is 7.11 Å². The van der Waals surface area contributed by atoms with Crippen molar-refractivity contribution >= 4 is 0 Å². The van der Waals surface area contributed by atoms with Gasteiger partial charge in [-0.2, -0.15) is 0 Å². The summed E-state index contributed by atoms with van der Waals surface area (Å²) in [6.45, 7) is 4.02. The van der Waals surface area contributed by atoms with E-state index < -0.39 is 0 Å². The van der Waals surface area contributed by atoms with Gasteiger partial charge in [0.15, 0.2) is 0 Å². The van der Waals surface area contributed by atoms with E-state index in [9.17, 15) is 0 Å². The fourth-order valence-electron chi connectivity index (χ4n) is 2.36. The molecule has 0 aromatic carbocycles. The van der Waals surface area contributed by atoms with E-state index in [1.165, 1.54) is 25.9 Å². The number of hydrogen-bond donors (Lipinski definition) is 0. The van der Waals surface area contributed by atoms with E-state index in [-0.39, 0.29) is 5.60 Å². The average Bonchev–Trinajstić information content (AvgIpc) is 2.07. The standard InChI is InChI=1S/C10H19NO2/c1-11-5-3-9(4-6-11)10(12-2)7-13-8-10/h9H,3-8H2,1-2H3. The van der Waals surface area contributed by atoms with E-state index in [4.69, 9.17) is 9.47 Å². The topological polar surface area (TPSA) is 21.7 Å². The number of rotatable bonds is 2. The van der Waals surface area contributed by atoms with Gasteiger partial charge < -0.3 is 14.4 Å². The molecule has 0 aromatic heterocycles. The molecule has 0 spiro atoms. The van der Waals surface area contributed by atoms with Crippen LogP contribution >= 0.6 is 0 Å². The Morgan fingerprint density at radius 3 is 2.31 bits per heavy atom. The Balaban J connectivity index is 1.92. The molecular weight excluding hydrogens is 166 g/mol. The number of hydrogen-bond acceptors (Lipinski definition) is 3. The lowest BCUT2D eigenvalue weighted by Gasteiger charge is -2.48. The molecule has 3 nitrogen and oxygen atoms in total. The molecule has 0 radical (unpaired) electrons. The van der Waals surface area contributed by atoms with Crippen molar-refractivity contribution in [1.82, 2.24) is 4.90 Å². The van der Waals surface area contributed by atoms with Crippen molar-refractivity contribution in [1.29, 1.82) is 0 Å². The molecule has 0 aromatic rings. The molecule has 3 heteroatoms. The third-order valence-electron chi connectivity index (χ3n) is 3.56. The van der Waals surface area contributed by atoms with E-state index in [1.54, 1.807) is 0 Å². The van der Waals surface area contributed by atoms with Crippen LogP contribution < -0.4 is 0 Å². The molecule has 2 saturated heterocycles. The molecule has 0 bridgehead atoms. The van der Waals surface area contributed by atoms with Crippen LogP contribution in [0.3, 0.4) is 0 Å². The third-order valence-corrected chi connectivity index (χ3v) is 3.56. The van der Waals surface area contributed by atoms with Crippen molar-refractivity contribution in [3.05, 3.63) is 0 Å². The van der Waals surface area contributed by atoms with E-state index in [1.807, 2.05) is 7.11 Å². The summed E-state index contributed by atoms with van der Waals surface area (Å²) in [6, 6.07) is 0. The maximum absolute atomic E-state index is 5.60. The summed E-state index contributed by atoms with van der Waals surface area (Å²) in [6.07, 6.45) is 2.52. The highest BCUT2D eigenvalue weighted by atomic mass is 16.6. The van der Waals surface area contributed by atoms with Gasteiger partial charge in [-0.3, -0.25) is 0 Å². The van der Waals surface area contributed by atoms with Crippen LogP contribution in [0.1, 0.15) is 12.8 Å². The Morgan fingerprint density at radius 2 is 1.92 bits per heavy atom. The van der Waals surface area contributed by atoms with E-state index in [0.29, 0.717) is 5.92 Å². The highest BCUT2D eigenvalue weighted by molar-refractivity contribution is 4.95. The predicted octanol–water partition coefficient (Wildman–Crippen LogP) is 0.744. The first-order valence-corrected chi connectivity index (χ1v) is 5.08. The van der Waals surface area contributed by atoms with Crippen LogP contribution in [0, 0.1) is 5.92 Å². The van der Waals surface area contributed by atoms with Crippen LogP contribution in [0.2, 0.25) is 0 Å². The number of likely N-dealkylation sites (tertiary alicyclic amines) is 1. The van der Waals surface area contributed by atoms with E-state index in [2.05, 4.69) is 11.9 Å². The lowest BCUT2D eigenvalue weighted by Crippen LogP contribution is -2.58. The number of piperidine rings is 1. The van der Waals surface area contributed by atoms with E-state index in [0.717, 1.165) is 13.2 Å². The zero-order chi connectivity index (χ0) is 9.31. The Hall–Kier alpha value is -0.120. The first-order valence-electron chi connectivity index (χ1n) is 5.08. The molecule has 2 heterocycles. The zero-order valence-corrected chi connectivity index (χ0v) is 8.58. The zero-order valence-electron chi connectivity index (χ0n) is 8.58. The van der Waals surface area contributed by atoms with Crippen LogP contribution in [0.5, 0.6) is 0 Å². The average molecular weight is 185 g/mol. The number of ether oxygens (including phenoxy) is 2. The Bertz CT molecular complexity index is 166. The molecule has 0 aliphatic carbocycles. The Morgan fingerprint density at radius 1 is 1.31 bits per heavy atom. The molecule has 2 aliphatic heterocycles. The summed E-state index contributed by atoms with van der Waals surface area (Å²) in [4.78, 5) is 2.39. The quantitative estimate of drug-likeness (QED) is 0.633. The number of nitrogens with zero attached hydrogens (tertiary/aromatic N) is 1. The highest BCUT2D eigenvalue weighted by Gasteiger charge is 2.46. The molecule has 0 N–H and O–H groups in total. The van der Waals surface area contributed by atoms with Crippen LogP contribution in [0.4, 0.5) is 0 Å². The molecule has 0 unspecified atom stereocenters. The van der Waals surface area contributed by atoms with Crippen molar-refractivity contribution in [2.75, 3.05) is 40.5 Å². The largest absolute Gasteiger partial charge is 0.375 e. The smallest absolute Gasteiger partial charge is 0.117 e. The minimum absolute atomic E-state index is 0.0707. The first kappa shape index (κ1) is 9.44. The minimum Gasteiger partial charge on any atom is -0.375 e. The second-order valence-corrected chi connectivity index (χ2v) is 4.34. The summed E-state index contributed by atoms with van der Waals surface area (Å²) in [5.74, 6) is 0.711. The van der Waals surface area contributed by atoms with Crippen molar-refractivity contribution in [3.8, 4) is 0 Å². The van der Waals surface area contributed by atoms with Gasteiger partial charge in [-0.05, 0) is 38.9 Å². The van der Waals surface area contributed by atoms with Crippen LogP contribution in [-0.2, 0) is 9.47 Å². The Labute approximate surface area is 80.0 Å². The van der Waals surface area contributed by atoms with Crippen LogP contribution in [-0.4, -0.2) is 51.0 Å². The van der Waals surface area contributed by atoms with Gasteiger partial charge >= 0.3 is 0 Å². The van der Waals surface area contributed by atoms with Gasteiger partial charge in [-0.1, -0.05) is 0 Å². The van der Waals surface area contributed by atoms with Gasteiger partial charge in [0.25, 0.3) is 0 Å². The molecule has 0 amide bonds. The van der Waals surface area contributed by atoms with Gasteiger partial charge in [-0.25, -0.2) is 0 Å². The fraction of sp³-hybridized carbons (Fsp3) is 1.00. The lowest BCUT2D eigenvalue weighted by molar-refractivity contribution is -0.229. The van der Waals surface area contributed by atoms with Crippen molar-refractivity contribution < 1.29 is 9.47 Å². The van der Waals surface area contributed by atoms with Crippen molar-refractivity contribution in [2.45, 2.75) is 18.4 Å². The SMILES string of the molecule is COC1(C2CCN(C)CC2)COC1. The molecule has 2 fully saturated rings. The fourth-order valence-corrected chi connectivity index (χ4v) is 2.36. The van der Waals surface area contributed by atoms with Crippen molar-refractivity contribution in [2.24, 2.45) is 5.92 Å². The maximum atomic E-state index is 5.60. The summed E-state index contributed by atoms with van der Waals surface area (Å²) in [5, 5.41) is 0. The van der Waals surface area contributed by atoms with E-state index >= 15 is 0 Å². The summed E-state index contributed by atoms with van der Waals surface area (Å²) in [5.41, 5.74) is 0.0707. The summed E-state index contributed by atoms with van der Waals surface area (Å²) < 4.78 is 10.9. The Kier molecular flexibility index (Phi) is 2.58. The van der Waals surface area contributed by atoms with Gasteiger partial charge in [0.1, 0.15) is 5.60 Å². The predicted molar refractivity (Wildman–Crippen MR) is 50.8 cm³/mol. The molecule has 0 saturated carbocycles. The van der Waals surface area contributed by atoms with Gasteiger partial charge in [0.05, 0.1) is 13.2 Å². The van der Waals surface area contributed by atoms with Gasteiger partial charge in [0.2, 0.25) is 0 Å². The molecule has 2 rings (SSSR count).